The maximum absolute atomic E-state index is 12.5. The van der Waals surface area contributed by atoms with Crippen LogP contribution in [0, 0.1) is 6.92 Å². The van der Waals surface area contributed by atoms with Crippen LogP contribution < -0.4 is 20.9 Å². The highest BCUT2D eigenvalue weighted by atomic mass is 16.5. The number of benzene rings is 2. The number of hydrogen-bond acceptors (Lipinski definition) is 5. The van der Waals surface area contributed by atoms with Gasteiger partial charge in [0.1, 0.15) is 5.75 Å². The lowest BCUT2D eigenvalue weighted by molar-refractivity contribution is -0.118. The van der Waals surface area contributed by atoms with Crippen molar-refractivity contribution in [3.8, 4) is 5.75 Å². The molecule has 8 heteroatoms. The Morgan fingerprint density at radius 1 is 1.13 bits per heavy atom. The van der Waals surface area contributed by atoms with Gasteiger partial charge < -0.3 is 20.4 Å². The molecule has 0 unspecified atom stereocenters. The molecule has 3 N–H and O–H groups in total. The quantitative estimate of drug-likeness (QED) is 0.601. The number of ether oxygens (including phenoxy) is 1. The molecule has 0 spiro atoms. The number of aryl methyl sites for hydroxylation is 1. The van der Waals surface area contributed by atoms with Crippen LogP contribution >= 0.6 is 0 Å². The summed E-state index contributed by atoms with van der Waals surface area (Å²) in [5.41, 5.74) is 3.04. The van der Waals surface area contributed by atoms with E-state index in [4.69, 9.17) is 4.74 Å². The van der Waals surface area contributed by atoms with Crippen LogP contribution in [0.25, 0.3) is 0 Å². The van der Waals surface area contributed by atoms with E-state index >= 15 is 0 Å². The van der Waals surface area contributed by atoms with E-state index in [1.54, 1.807) is 25.1 Å². The minimum Gasteiger partial charge on any atom is -0.482 e. The predicted octanol–water partition coefficient (Wildman–Crippen LogP) is 1.93. The van der Waals surface area contributed by atoms with Crippen molar-refractivity contribution in [1.29, 1.82) is 0 Å². The molecule has 0 saturated heterocycles. The molecule has 3 aromatic rings. The standard InChI is InChI=1S/C22H20N4O4/c1-13-16(9-14-5-3-2-4-6-14)21(28)26-20(24-13)22(29)23-11-15-7-8-18-17(10-15)25-19(27)12-30-18/h2-8,10H,9,11-12H2,1H3,(H,23,29)(H,25,27)(H,24,26,28). The van der Waals surface area contributed by atoms with Gasteiger partial charge in [0.2, 0.25) is 0 Å². The number of H-pyrrole nitrogens is 1. The summed E-state index contributed by atoms with van der Waals surface area (Å²) in [6, 6.07) is 14.9. The fourth-order valence-electron chi connectivity index (χ4n) is 3.23. The Bertz CT molecular complexity index is 1170. The number of nitrogens with zero attached hydrogens (tertiary/aromatic N) is 1. The van der Waals surface area contributed by atoms with Gasteiger partial charge in [0.15, 0.2) is 12.4 Å². The van der Waals surface area contributed by atoms with Crippen molar-refractivity contribution in [1.82, 2.24) is 15.3 Å². The maximum atomic E-state index is 12.5. The summed E-state index contributed by atoms with van der Waals surface area (Å²) >= 11 is 0. The first-order valence-corrected chi connectivity index (χ1v) is 9.47. The van der Waals surface area contributed by atoms with E-state index in [1.807, 2.05) is 30.3 Å². The van der Waals surface area contributed by atoms with Crippen molar-refractivity contribution in [2.75, 3.05) is 11.9 Å². The molecule has 0 saturated carbocycles. The number of nitrogens with one attached hydrogen (secondary N) is 3. The molecule has 2 heterocycles. The van der Waals surface area contributed by atoms with Crippen molar-refractivity contribution in [2.45, 2.75) is 19.9 Å². The van der Waals surface area contributed by atoms with Crippen molar-refractivity contribution in [3.05, 3.63) is 87.1 Å². The molecule has 2 amide bonds. The smallest absolute Gasteiger partial charge is 0.287 e. The molecule has 0 atom stereocenters. The van der Waals surface area contributed by atoms with Gasteiger partial charge >= 0.3 is 0 Å². The Balaban J connectivity index is 1.46. The summed E-state index contributed by atoms with van der Waals surface area (Å²) in [6.07, 6.45) is 0.444. The lowest BCUT2D eigenvalue weighted by atomic mass is 10.1. The van der Waals surface area contributed by atoms with Crippen molar-refractivity contribution >= 4 is 17.5 Å². The first-order valence-electron chi connectivity index (χ1n) is 9.47. The van der Waals surface area contributed by atoms with Gasteiger partial charge in [-0.25, -0.2) is 4.98 Å². The van der Waals surface area contributed by atoms with Gasteiger partial charge in [0.25, 0.3) is 17.4 Å². The maximum Gasteiger partial charge on any atom is 0.287 e. The van der Waals surface area contributed by atoms with Gasteiger partial charge in [-0.05, 0) is 30.2 Å². The lowest BCUT2D eigenvalue weighted by Crippen LogP contribution is -2.29. The number of aromatic amines is 1. The summed E-state index contributed by atoms with van der Waals surface area (Å²) in [5, 5.41) is 5.46. The molecule has 2 aromatic carbocycles. The fraction of sp³-hybridized carbons (Fsp3) is 0.182. The lowest BCUT2D eigenvalue weighted by Gasteiger charge is -2.18. The monoisotopic (exact) mass is 404 g/mol. The molecule has 1 aromatic heterocycles. The molecule has 8 nitrogen and oxygen atoms in total. The van der Waals surface area contributed by atoms with Crippen LogP contribution in [-0.4, -0.2) is 28.4 Å². The molecule has 152 valence electrons. The third kappa shape index (κ3) is 4.22. The Morgan fingerprint density at radius 2 is 1.93 bits per heavy atom. The van der Waals surface area contributed by atoms with Gasteiger partial charge in [-0.1, -0.05) is 36.4 Å². The average molecular weight is 404 g/mol. The normalized spacial score (nSPS) is 12.5. The minimum atomic E-state index is -0.487. The molecule has 4 rings (SSSR count). The summed E-state index contributed by atoms with van der Waals surface area (Å²) < 4.78 is 5.32. The van der Waals surface area contributed by atoms with E-state index in [0.717, 1.165) is 11.1 Å². The number of rotatable bonds is 5. The van der Waals surface area contributed by atoms with Crippen LogP contribution in [-0.2, 0) is 17.8 Å². The summed E-state index contributed by atoms with van der Waals surface area (Å²) in [6.45, 7) is 1.91. The highest BCUT2D eigenvalue weighted by Gasteiger charge is 2.17. The van der Waals surface area contributed by atoms with E-state index in [-0.39, 0.29) is 30.4 Å². The molecule has 0 radical (unpaired) electrons. The molecular weight excluding hydrogens is 384 g/mol. The molecule has 1 aliphatic rings. The van der Waals surface area contributed by atoms with Crippen molar-refractivity contribution in [3.63, 3.8) is 0 Å². The van der Waals surface area contributed by atoms with E-state index in [1.165, 1.54) is 0 Å². The zero-order valence-electron chi connectivity index (χ0n) is 16.3. The predicted molar refractivity (Wildman–Crippen MR) is 111 cm³/mol. The van der Waals surface area contributed by atoms with E-state index < -0.39 is 5.91 Å². The first kappa shape index (κ1) is 19.4. The number of aromatic nitrogens is 2. The van der Waals surface area contributed by atoms with Crippen molar-refractivity contribution < 1.29 is 14.3 Å². The number of amides is 2. The molecule has 0 fully saturated rings. The van der Waals surface area contributed by atoms with E-state index in [9.17, 15) is 14.4 Å². The SMILES string of the molecule is Cc1nc(C(=O)NCc2ccc3c(c2)NC(=O)CO3)[nH]c(=O)c1Cc1ccccc1. The molecule has 1 aliphatic heterocycles. The van der Waals surface area contributed by atoms with Crippen LogP contribution in [0.5, 0.6) is 5.75 Å². The number of carbonyl (C=O) groups is 2. The summed E-state index contributed by atoms with van der Waals surface area (Å²) in [7, 11) is 0. The molecular formula is C22H20N4O4. The average Bonchev–Trinajstić information content (AvgIpc) is 2.74. The zero-order valence-corrected chi connectivity index (χ0v) is 16.3. The second-order valence-electron chi connectivity index (χ2n) is 6.99. The topological polar surface area (TPSA) is 113 Å². The van der Waals surface area contributed by atoms with Gasteiger partial charge in [-0.15, -0.1) is 0 Å². The Hall–Kier alpha value is -3.94. The Morgan fingerprint density at radius 3 is 2.70 bits per heavy atom. The summed E-state index contributed by atoms with van der Waals surface area (Å²) in [4.78, 5) is 43.3. The summed E-state index contributed by atoms with van der Waals surface area (Å²) in [5.74, 6) is -0.166. The number of fused-ring (bicyclic) bond motifs is 1. The Labute approximate surface area is 172 Å². The van der Waals surface area contributed by atoms with E-state index in [2.05, 4.69) is 20.6 Å². The van der Waals surface area contributed by atoms with Crippen LogP contribution in [0.4, 0.5) is 5.69 Å². The first-order chi connectivity index (χ1) is 14.5. The number of carbonyl (C=O) groups excluding carboxylic acids is 2. The van der Waals surface area contributed by atoms with Gasteiger partial charge in [0.05, 0.1) is 5.69 Å². The van der Waals surface area contributed by atoms with Crippen molar-refractivity contribution in [2.24, 2.45) is 0 Å². The fourth-order valence-corrected chi connectivity index (χ4v) is 3.23. The highest BCUT2D eigenvalue weighted by Crippen LogP contribution is 2.28. The van der Waals surface area contributed by atoms with E-state index in [0.29, 0.717) is 29.1 Å². The third-order valence-electron chi connectivity index (χ3n) is 4.79. The van der Waals surface area contributed by atoms with Crippen LogP contribution in [0.15, 0.2) is 53.3 Å². The minimum absolute atomic E-state index is 0.0122. The molecule has 30 heavy (non-hydrogen) atoms. The largest absolute Gasteiger partial charge is 0.482 e. The van der Waals surface area contributed by atoms with Crippen LogP contribution in [0.2, 0.25) is 0 Å². The second-order valence-corrected chi connectivity index (χ2v) is 6.99. The molecule has 0 aliphatic carbocycles. The Kier molecular flexibility index (Phi) is 5.30. The molecule has 0 bridgehead atoms. The van der Waals surface area contributed by atoms with Gasteiger partial charge in [0, 0.05) is 24.2 Å². The van der Waals surface area contributed by atoms with Crippen LogP contribution in [0.3, 0.4) is 0 Å². The number of hydrogen-bond donors (Lipinski definition) is 3. The highest BCUT2D eigenvalue weighted by molar-refractivity contribution is 5.95. The van der Waals surface area contributed by atoms with Gasteiger partial charge in [-0.2, -0.15) is 0 Å². The zero-order chi connectivity index (χ0) is 21.1. The third-order valence-corrected chi connectivity index (χ3v) is 4.79. The number of anilines is 1. The second kappa shape index (κ2) is 8.20. The van der Waals surface area contributed by atoms with Gasteiger partial charge in [-0.3, -0.25) is 14.4 Å². The van der Waals surface area contributed by atoms with Crippen LogP contribution in [0.1, 0.15) is 33.0 Å².